The molecular formula is C14H10BrF2NO. The van der Waals surface area contributed by atoms with Gasteiger partial charge in [0.05, 0.1) is 0 Å². The lowest BCUT2D eigenvalue weighted by Gasteiger charge is -2.09. The van der Waals surface area contributed by atoms with E-state index >= 15 is 0 Å². The van der Waals surface area contributed by atoms with Gasteiger partial charge in [-0.25, -0.2) is 8.78 Å². The first-order chi connectivity index (χ1) is 8.95. The van der Waals surface area contributed by atoms with Crippen LogP contribution < -0.4 is 5.32 Å². The third-order valence-corrected chi connectivity index (χ3v) is 3.07. The Morgan fingerprint density at radius 1 is 1.11 bits per heavy atom. The number of hydrogen-bond donors (Lipinski definition) is 1. The molecule has 2 rings (SSSR count). The van der Waals surface area contributed by atoms with E-state index in [1.165, 1.54) is 0 Å². The number of amides is 1. The lowest BCUT2D eigenvalue weighted by atomic mass is 10.1. The minimum atomic E-state index is -0.781. The van der Waals surface area contributed by atoms with Crippen molar-refractivity contribution in [2.24, 2.45) is 0 Å². The van der Waals surface area contributed by atoms with Crippen LogP contribution in [0.25, 0.3) is 0 Å². The van der Waals surface area contributed by atoms with E-state index in [4.69, 9.17) is 0 Å². The fraction of sp³-hybridized carbons (Fsp3) is 0.0714. The van der Waals surface area contributed by atoms with Crippen LogP contribution in [0.5, 0.6) is 0 Å². The van der Waals surface area contributed by atoms with Crippen molar-refractivity contribution in [2.75, 3.05) is 5.32 Å². The Morgan fingerprint density at radius 2 is 1.74 bits per heavy atom. The Hall–Kier alpha value is -1.75. The first kappa shape index (κ1) is 13.7. The number of aryl methyl sites for hydroxylation is 1. The summed E-state index contributed by atoms with van der Waals surface area (Å²) in [6.07, 6.45) is 0. The van der Waals surface area contributed by atoms with Gasteiger partial charge in [-0.3, -0.25) is 4.79 Å². The minimum Gasteiger partial charge on any atom is -0.322 e. The standard InChI is InChI=1S/C14H10BrF2NO/c1-8-2-3-10(15)6-13(8)18-14(19)9-4-11(16)7-12(17)5-9/h2-7H,1H3,(H,18,19). The maximum Gasteiger partial charge on any atom is 0.255 e. The quantitative estimate of drug-likeness (QED) is 0.876. The van der Waals surface area contributed by atoms with Crippen LogP contribution in [0.4, 0.5) is 14.5 Å². The van der Waals surface area contributed by atoms with Gasteiger partial charge in [0.25, 0.3) is 5.91 Å². The van der Waals surface area contributed by atoms with Crippen molar-refractivity contribution >= 4 is 27.5 Å². The predicted octanol–water partition coefficient (Wildman–Crippen LogP) is 4.29. The van der Waals surface area contributed by atoms with E-state index in [2.05, 4.69) is 21.2 Å². The van der Waals surface area contributed by atoms with Crippen LogP contribution >= 0.6 is 15.9 Å². The summed E-state index contributed by atoms with van der Waals surface area (Å²) in [5, 5.41) is 2.62. The number of nitrogens with one attached hydrogen (secondary N) is 1. The van der Waals surface area contributed by atoms with Gasteiger partial charge < -0.3 is 5.32 Å². The topological polar surface area (TPSA) is 29.1 Å². The van der Waals surface area contributed by atoms with E-state index in [0.29, 0.717) is 5.69 Å². The Labute approximate surface area is 117 Å². The molecule has 0 saturated carbocycles. The lowest BCUT2D eigenvalue weighted by Crippen LogP contribution is -2.13. The maximum atomic E-state index is 13.0. The zero-order chi connectivity index (χ0) is 14.0. The number of anilines is 1. The molecule has 0 fully saturated rings. The molecule has 19 heavy (non-hydrogen) atoms. The zero-order valence-electron chi connectivity index (χ0n) is 10.0. The lowest BCUT2D eigenvalue weighted by molar-refractivity contribution is 0.102. The fourth-order valence-electron chi connectivity index (χ4n) is 1.61. The summed E-state index contributed by atoms with van der Waals surface area (Å²) in [6.45, 7) is 1.83. The van der Waals surface area contributed by atoms with Crippen LogP contribution in [0, 0.1) is 18.6 Å². The highest BCUT2D eigenvalue weighted by atomic mass is 79.9. The molecule has 1 N–H and O–H groups in total. The molecule has 0 unspecified atom stereocenters. The van der Waals surface area contributed by atoms with Gasteiger partial charge in [0, 0.05) is 21.8 Å². The van der Waals surface area contributed by atoms with Gasteiger partial charge in [0.15, 0.2) is 0 Å². The molecular weight excluding hydrogens is 316 g/mol. The molecule has 0 heterocycles. The normalized spacial score (nSPS) is 10.3. The molecule has 2 aromatic rings. The molecule has 1 amide bonds. The van der Waals surface area contributed by atoms with Crippen LogP contribution in [-0.2, 0) is 0 Å². The highest BCUT2D eigenvalue weighted by Crippen LogP contribution is 2.21. The van der Waals surface area contributed by atoms with E-state index in [-0.39, 0.29) is 5.56 Å². The van der Waals surface area contributed by atoms with E-state index in [9.17, 15) is 13.6 Å². The van der Waals surface area contributed by atoms with Crippen LogP contribution in [0.2, 0.25) is 0 Å². The predicted molar refractivity (Wildman–Crippen MR) is 73.2 cm³/mol. The zero-order valence-corrected chi connectivity index (χ0v) is 11.6. The van der Waals surface area contributed by atoms with E-state index < -0.39 is 17.5 Å². The Balaban J connectivity index is 2.28. The van der Waals surface area contributed by atoms with E-state index in [1.54, 1.807) is 6.07 Å². The molecule has 0 aromatic heterocycles. The van der Waals surface area contributed by atoms with Crippen LogP contribution in [0.3, 0.4) is 0 Å². The summed E-state index contributed by atoms with van der Waals surface area (Å²) < 4.78 is 26.9. The van der Waals surface area contributed by atoms with Gasteiger partial charge in [-0.1, -0.05) is 22.0 Å². The van der Waals surface area contributed by atoms with Gasteiger partial charge in [-0.05, 0) is 36.8 Å². The number of hydrogen-bond acceptors (Lipinski definition) is 1. The maximum absolute atomic E-state index is 13.0. The SMILES string of the molecule is Cc1ccc(Br)cc1NC(=O)c1cc(F)cc(F)c1. The summed E-state index contributed by atoms with van der Waals surface area (Å²) in [6, 6.07) is 8.10. The van der Waals surface area contributed by atoms with Crippen molar-refractivity contribution in [3.63, 3.8) is 0 Å². The summed E-state index contributed by atoms with van der Waals surface area (Å²) in [5.41, 5.74) is 1.38. The van der Waals surface area contributed by atoms with Crippen molar-refractivity contribution in [3.8, 4) is 0 Å². The van der Waals surface area contributed by atoms with Crippen LogP contribution in [-0.4, -0.2) is 5.91 Å². The highest BCUT2D eigenvalue weighted by molar-refractivity contribution is 9.10. The average molecular weight is 326 g/mol. The van der Waals surface area contributed by atoms with Crippen molar-refractivity contribution in [1.29, 1.82) is 0 Å². The number of benzene rings is 2. The van der Waals surface area contributed by atoms with Crippen molar-refractivity contribution in [2.45, 2.75) is 6.92 Å². The van der Waals surface area contributed by atoms with Crippen molar-refractivity contribution in [3.05, 3.63) is 63.6 Å². The third-order valence-electron chi connectivity index (χ3n) is 2.57. The number of carbonyl (C=O) groups is 1. The summed E-state index contributed by atoms with van der Waals surface area (Å²) in [4.78, 5) is 11.9. The Bertz CT molecular complexity index is 623. The molecule has 98 valence electrons. The Kier molecular flexibility index (Phi) is 3.95. The molecule has 5 heteroatoms. The molecule has 0 atom stereocenters. The second-order valence-electron chi connectivity index (χ2n) is 4.07. The van der Waals surface area contributed by atoms with E-state index in [0.717, 1.165) is 28.2 Å². The first-order valence-electron chi connectivity index (χ1n) is 5.49. The average Bonchev–Trinajstić information content (AvgIpc) is 2.32. The fourth-order valence-corrected chi connectivity index (χ4v) is 1.97. The summed E-state index contributed by atoms with van der Waals surface area (Å²) in [7, 11) is 0. The molecule has 0 aliphatic rings. The molecule has 0 aliphatic heterocycles. The minimum absolute atomic E-state index is 0.0584. The van der Waals surface area contributed by atoms with Gasteiger partial charge in [0.2, 0.25) is 0 Å². The van der Waals surface area contributed by atoms with Crippen LogP contribution in [0.1, 0.15) is 15.9 Å². The Morgan fingerprint density at radius 3 is 2.37 bits per heavy atom. The first-order valence-corrected chi connectivity index (χ1v) is 6.28. The summed E-state index contributed by atoms with van der Waals surface area (Å²) >= 11 is 3.29. The largest absolute Gasteiger partial charge is 0.322 e. The molecule has 0 saturated heterocycles. The monoisotopic (exact) mass is 325 g/mol. The molecule has 2 aromatic carbocycles. The summed E-state index contributed by atoms with van der Waals surface area (Å²) in [5.74, 6) is -2.12. The van der Waals surface area contributed by atoms with Gasteiger partial charge >= 0.3 is 0 Å². The highest BCUT2D eigenvalue weighted by Gasteiger charge is 2.10. The van der Waals surface area contributed by atoms with Gasteiger partial charge in [-0.15, -0.1) is 0 Å². The van der Waals surface area contributed by atoms with Crippen molar-refractivity contribution in [1.82, 2.24) is 0 Å². The van der Waals surface area contributed by atoms with Crippen LogP contribution in [0.15, 0.2) is 40.9 Å². The molecule has 0 bridgehead atoms. The van der Waals surface area contributed by atoms with Gasteiger partial charge in [0.1, 0.15) is 11.6 Å². The number of carbonyl (C=O) groups excluding carboxylic acids is 1. The molecule has 0 radical (unpaired) electrons. The molecule has 2 nitrogen and oxygen atoms in total. The second kappa shape index (κ2) is 5.48. The van der Waals surface area contributed by atoms with E-state index in [1.807, 2.05) is 19.1 Å². The second-order valence-corrected chi connectivity index (χ2v) is 4.99. The molecule has 0 aliphatic carbocycles. The van der Waals surface area contributed by atoms with Gasteiger partial charge in [-0.2, -0.15) is 0 Å². The smallest absolute Gasteiger partial charge is 0.255 e. The molecule has 0 spiro atoms. The number of halogens is 3. The van der Waals surface area contributed by atoms with Crippen molar-refractivity contribution < 1.29 is 13.6 Å². The third kappa shape index (κ3) is 3.38. The number of rotatable bonds is 2.